The van der Waals surface area contributed by atoms with Gasteiger partial charge in [0.05, 0.1) is 0 Å². The molecular weight excluding hydrogens is 879 g/mol. The highest BCUT2D eigenvalue weighted by atomic mass is 15.1. The molecular formula is C72H51N. The summed E-state index contributed by atoms with van der Waals surface area (Å²) in [6, 6.07) is 112. The predicted molar refractivity (Wildman–Crippen MR) is 310 cm³/mol. The first kappa shape index (κ1) is 44.6. The van der Waals surface area contributed by atoms with Gasteiger partial charge in [0.2, 0.25) is 0 Å². The van der Waals surface area contributed by atoms with Crippen LogP contribution in [0.2, 0.25) is 0 Å². The Morgan fingerprint density at radius 1 is 0.137 bits per heavy atom. The van der Waals surface area contributed by atoms with E-state index in [9.17, 15) is 0 Å². The minimum atomic E-state index is 1.07. The molecule has 0 aliphatic carbocycles. The molecule has 0 amide bonds. The molecule has 73 heavy (non-hydrogen) atoms. The van der Waals surface area contributed by atoms with Crippen LogP contribution in [0.25, 0.3) is 100 Å². The Morgan fingerprint density at radius 3 is 0.521 bits per heavy atom. The molecule has 344 valence electrons. The maximum atomic E-state index is 2.38. The molecule has 0 unspecified atom stereocenters. The average molecular weight is 930 g/mol. The van der Waals surface area contributed by atoms with E-state index in [0.29, 0.717) is 0 Å². The Hall–Kier alpha value is -9.56. The van der Waals surface area contributed by atoms with Gasteiger partial charge in [-0.1, -0.05) is 273 Å². The summed E-state index contributed by atoms with van der Waals surface area (Å²) in [6.45, 7) is 0. The third-order valence-electron chi connectivity index (χ3n) is 13.9. The first-order chi connectivity index (χ1) is 36.2. The number of rotatable bonds is 12. The SMILES string of the molecule is c1ccc(-c2cccc(-c3ccc(N(c4ccc(-c5cccc(-c6ccccc6)c5-c5ccccc5)cc4)c4ccc(-c5cccc(-c6ccccc6)c5-c5ccccc5)cc4)cc3)c2-c2ccccc2)cc1. The van der Waals surface area contributed by atoms with Crippen molar-refractivity contribution in [2.24, 2.45) is 0 Å². The second-order valence-electron chi connectivity index (χ2n) is 18.4. The van der Waals surface area contributed by atoms with Crippen LogP contribution in [0, 0.1) is 0 Å². The zero-order valence-corrected chi connectivity index (χ0v) is 40.4. The van der Waals surface area contributed by atoms with Crippen LogP contribution in [0.15, 0.2) is 309 Å². The second kappa shape index (κ2) is 20.4. The lowest BCUT2D eigenvalue weighted by Gasteiger charge is -2.27. The Morgan fingerprint density at radius 2 is 0.315 bits per heavy atom. The third-order valence-corrected chi connectivity index (χ3v) is 13.9. The molecule has 12 aromatic rings. The Bertz CT molecular complexity index is 3360. The van der Waals surface area contributed by atoms with Crippen LogP contribution in [0.5, 0.6) is 0 Å². The fourth-order valence-corrected chi connectivity index (χ4v) is 10.5. The maximum Gasteiger partial charge on any atom is 0.0462 e. The van der Waals surface area contributed by atoms with Gasteiger partial charge in [-0.2, -0.15) is 0 Å². The van der Waals surface area contributed by atoms with Crippen molar-refractivity contribution in [3.05, 3.63) is 309 Å². The molecule has 0 bridgehead atoms. The highest BCUT2D eigenvalue weighted by Gasteiger charge is 2.20. The predicted octanol–water partition coefficient (Wildman–Crippen LogP) is 20.2. The van der Waals surface area contributed by atoms with Crippen LogP contribution in [0.3, 0.4) is 0 Å². The quantitative estimate of drug-likeness (QED) is 0.118. The number of anilines is 3. The summed E-state index contributed by atoms with van der Waals surface area (Å²) in [5, 5.41) is 0. The zero-order valence-electron chi connectivity index (χ0n) is 40.4. The van der Waals surface area contributed by atoms with Crippen LogP contribution >= 0.6 is 0 Å². The molecule has 0 atom stereocenters. The van der Waals surface area contributed by atoms with Crippen molar-refractivity contribution in [2.75, 3.05) is 4.90 Å². The molecule has 0 N–H and O–H groups in total. The van der Waals surface area contributed by atoms with Gasteiger partial charge in [0.25, 0.3) is 0 Å². The van der Waals surface area contributed by atoms with E-state index in [1.54, 1.807) is 0 Å². The Kier molecular flexibility index (Phi) is 12.5. The molecule has 0 heterocycles. The normalized spacial score (nSPS) is 11.0. The molecule has 1 nitrogen and oxygen atoms in total. The van der Waals surface area contributed by atoms with E-state index in [2.05, 4.69) is 314 Å². The van der Waals surface area contributed by atoms with Crippen LogP contribution in [-0.2, 0) is 0 Å². The van der Waals surface area contributed by atoms with Crippen molar-refractivity contribution >= 4 is 17.1 Å². The highest BCUT2D eigenvalue weighted by Crippen LogP contribution is 2.46. The molecule has 12 aromatic carbocycles. The maximum absolute atomic E-state index is 2.38. The summed E-state index contributed by atoms with van der Waals surface area (Å²) in [5.41, 5.74) is 24.7. The molecule has 1 heteroatoms. The minimum absolute atomic E-state index is 1.07. The van der Waals surface area contributed by atoms with Crippen molar-refractivity contribution in [3.63, 3.8) is 0 Å². The van der Waals surface area contributed by atoms with E-state index in [4.69, 9.17) is 0 Å². The number of hydrogen-bond donors (Lipinski definition) is 0. The highest BCUT2D eigenvalue weighted by molar-refractivity contribution is 5.98. The molecule has 0 aromatic heterocycles. The minimum Gasteiger partial charge on any atom is -0.311 e. The standard InChI is InChI=1S/C72H51N/c1-7-22-52(23-8-1)64-34-19-37-67(70(64)58-28-13-4-14-29-58)55-40-46-61(47-41-55)73(62-48-42-56(43-49-62)68-38-20-35-65(53-24-9-2-10-25-53)71(68)59-30-15-5-16-31-59)63-50-44-57(45-51-63)69-39-21-36-66(54-26-11-3-12-27-54)72(69)60-32-17-6-18-33-60/h1-51H. The first-order valence-electron chi connectivity index (χ1n) is 25.1. The average Bonchev–Trinajstić information content (AvgIpc) is 3.48. The van der Waals surface area contributed by atoms with E-state index in [1.807, 2.05) is 0 Å². The van der Waals surface area contributed by atoms with Crippen LogP contribution < -0.4 is 4.90 Å². The van der Waals surface area contributed by atoms with E-state index in [-0.39, 0.29) is 0 Å². The molecule has 0 saturated heterocycles. The van der Waals surface area contributed by atoms with Crippen LogP contribution in [0.1, 0.15) is 0 Å². The van der Waals surface area contributed by atoms with Crippen molar-refractivity contribution in [3.8, 4) is 100 Å². The fourth-order valence-electron chi connectivity index (χ4n) is 10.5. The molecule has 0 spiro atoms. The summed E-state index contributed by atoms with van der Waals surface area (Å²) >= 11 is 0. The lowest BCUT2D eigenvalue weighted by atomic mass is 9.87. The lowest BCUT2D eigenvalue weighted by Crippen LogP contribution is -2.10. The van der Waals surface area contributed by atoms with Crippen molar-refractivity contribution in [1.82, 2.24) is 0 Å². The number of hydrogen-bond acceptors (Lipinski definition) is 1. The largest absolute Gasteiger partial charge is 0.311 e. The van der Waals surface area contributed by atoms with E-state index < -0.39 is 0 Å². The molecule has 0 aliphatic rings. The number of benzene rings is 12. The molecule has 0 saturated carbocycles. The Balaban J connectivity index is 0.980. The summed E-state index contributed by atoms with van der Waals surface area (Å²) in [7, 11) is 0. The van der Waals surface area contributed by atoms with Gasteiger partial charge in [0, 0.05) is 17.1 Å². The van der Waals surface area contributed by atoms with Crippen molar-refractivity contribution in [1.29, 1.82) is 0 Å². The fraction of sp³-hybridized carbons (Fsp3) is 0. The first-order valence-corrected chi connectivity index (χ1v) is 25.1. The van der Waals surface area contributed by atoms with Gasteiger partial charge in [0.1, 0.15) is 0 Å². The van der Waals surface area contributed by atoms with Gasteiger partial charge in [-0.25, -0.2) is 0 Å². The van der Waals surface area contributed by atoms with E-state index >= 15 is 0 Å². The van der Waals surface area contributed by atoms with Crippen LogP contribution in [0.4, 0.5) is 17.1 Å². The second-order valence-corrected chi connectivity index (χ2v) is 18.4. The van der Waals surface area contributed by atoms with E-state index in [0.717, 1.165) is 33.8 Å². The molecule has 0 aliphatic heterocycles. The molecule has 0 fully saturated rings. The van der Waals surface area contributed by atoms with Gasteiger partial charge < -0.3 is 4.90 Å². The van der Waals surface area contributed by atoms with Gasteiger partial charge >= 0.3 is 0 Å². The number of nitrogens with zero attached hydrogens (tertiary/aromatic N) is 1. The lowest BCUT2D eigenvalue weighted by molar-refractivity contribution is 1.28. The zero-order chi connectivity index (χ0) is 48.8. The monoisotopic (exact) mass is 929 g/mol. The van der Waals surface area contributed by atoms with E-state index in [1.165, 1.54) is 83.5 Å². The Labute approximate surface area is 429 Å². The van der Waals surface area contributed by atoms with Gasteiger partial charge in [0.15, 0.2) is 0 Å². The molecule has 12 rings (SSSR count). The van der Waals surface area contributed by atoms with Gasteiger partial charge in [-0.3, -0.25) is 0 Å². The van der Waals surface area contributed by atoms with Gasteiger partial charge in [-0.15, -0.1) is 0 Å². The van der Waals surface area contributed by atoms with Gasteiger partial charge in [-0.05, 0) is 137 Å². The van der Waals surface area contributed by atoms with Crippen molar-refractivity contribution < 1.29 is 0 Å². The molecule has 0 radical (unpaired) electrons. The van der Waals surface area contributed by atoms with Crippen molar-refractivity contribution in [2.45, 2.75) is 0 Å². The summed E-state index contributed by atoms with van der Waals surface area (Å²) in [4.78, 5) is 2.38. The summed E-state index contributed by atoms with van der Waals surface area (Å²) in [5.74, 6) is 0. The third kappa shape index (κ3) is 9.09. The van der Waals surface area contributed by atoms with Crippen LogP contribution in [-0.4, -0.2) is 0 Å². The topological polar surface area (TPSA) is 3.24 Å². The summed E-state index contributed by atoms with van der Waals surface area (Å²) in [6.07, 6.45) is 0. The summed E-state index contributed by atoms with van der Waals surface area (Å²) < 4.78 is 0. The smallest absolute Gasteiger partial charge is 0.0462 e.